The molecule has 1 aliphatic rings. The number of pyridine rings is 1. The number of nitrogens with zero attached hydrogens (tertiary/aromatic N) is 2. The van der Waals surface area contributed by atoms with E-state index in [2.05, 4.69) is 10.3 Å². The molecular weight excluding hydrogens is 382 g/mol. The van der Waals surface area contributed by atoms with Gasteiger partial charge in [-0.2, -0.15) is 0 Å². The summed E-state index contributed by atoms with van der Waals surface area (Å²) in [5.41, 5.74) is 1.52. The van der Waals surface area contributed by atoms with Crippen molar-refractivity contribution in [3.05, 3.63) is 60.8 Å². The molecule has 2 amide bonds. The van der Waals surface area contributed by atoms with Crippen LogP contribution in [0.3, 0.4) is 0 Å². The molecule has 4 rings (SSSR count). The predicted octanol–water partition coefficient (Wildman–Crippen LogP) is 3.11. The van der Waals surface area contributed by atoms with Gasteiger partial charge in [-0.25, -0.2) is 0 Å². The molecule has 1 aliphatic heterocycles. The van der Waals surface area contributed by atoms with Crippen LogP contribution in [0, 0.1) is 5.92 Å². The number of methoxy groups -OCH3 is 1. The molecule has 7 heteroatoms. The standard InChI is InChI=1S/C23H23N3O4/c1-29-20-9-2-3-10-21(20)30-13-12-26-15-16(14-22(26)27)23(28)25-19-8-4-7-18-17(19)6-5-11-24-18/h2-11,16H,12-15H2,1H3,(H,25,28)/t16-/m1/s1. The second-order valence-electron chi connectivity index (χ2n) is 7.11. The number of carbonyl (C=O) groups excluding carboxylic acids is 2. The Morgan fingerprint density at radius 2 is 1.97 bits per heavy atom. The summed E-state index contributed by atoms with van der Waals surface area (Å²) in [6.07, 6.45) is 1.91. The number of benzene rings is 2. The maximum atomic E-state index is 12.8. The molecule has 0 spiro atoms. The molecule has 2 heterocycles. The van der Waals surface area contributed by atoms with Crippen LogP contribution in [0.2, 0.25) is 0 Å². The lowest BCUT2D eigenvalue weighted by molar-refractivity contribution is -0.128. The predicted molar refractivity (Wildman–Crippen MR) is 114 cm³/mol. The molecule has 0 unspecified atom stereocenters. The van der Waals surface area contributed by atoms with Crippen molar-refractivity contribution in [2.45, 2.75) is 6.42 Å². The Bertz CT molecular complexity index is 1060. The van der Waals surface area contributed by atoms with Gasteiger partial charge in [0.05, 0.1) is 30.8 Å². The van der Waals surface area contributed by atoms with Crippen LogP contribution in [0.4, 0.5) is 5.69 Å². The second kappa shape index (κ2) is 8.82. The average molecular weight is 405 g/mol. The summed E-state index contributed by atoms with van der Waals surface area (Å²) in [6.45, 7) is 1.12. The van der Waals surface area contributed by atoms with Crippen LogP contribution >= 0.6 is 0 Å². The first-order valence-electron chi connectivity index (χ1n) is 9.84. The van der Waals surface area contributed by atoms with E-state index >= 15 is 0 Å². The summed E-state index contributed by atoms with van der Waals surface area (Å²) in [6, 6.07) is 16.7. The lowest BCUT2D eigenvalue weighted by Crippen LogP contribution is -2.31. The summed E-state index contributed by atoms with van der Waals surface area (Å²) in [5.74, 6) is 0.680. The van der Waals surface area contributed by atoms with E-state index in [1.807, 2.05) is 54.6 Å². The molecule has 0 bridgehead atoms. The minimum absolute atomic E-state index is 0.0432. The number of anilines is 1. The number of fused-ring (bicyclic) bond motifs is 1. The third-order valence-corrected chi connectivity index (χ3v) is 5.18. The highest BCUT2D eigenvalue weighted by atomic mass is 16.5. The van der Waals surface area contributed by atoms with Gasteiger partial charge in [0.2, 0.25) is 11.8 Å². The zero-order valence-corrected chi connectivity index (χ0v) is 16.7. The van der Waals surface area contributed by atoms with Crippen molar-refractivity contribution >= 4 is 28.4 Å². The number of hydrogen-bond acceptors (Lipinski definition) is 5. The second-order valence-corrected chi connectivity index (χ2v) is 7.11. The van der Waals surface area contributed by atoms with Gasteiger partial charge in [0.15, 0.2) is 11.5 Å². The smallest absolute Gasteiger partial charge is 0.229 e. The summed E-state index contributed by atoms with van der Waals surface area (Å²) < 4.78 is 11.0. The van der Waals surface area contributed by atoms with E-state index in [-0.39, 0.29) is 18.2 Å². The molecule has 2 aromatic carbocycles. The molecule has 0 radical (unpaired) electrons. The van der Waals surface area contributed by atoms with E-state index in [0.717, 1.165) is 10.9 Å². The van der Waals surface area contributed by atoms with Crippen molar-refractivity contribution in [2.75, 3.05) is 32.1 Å². The monoisotopic (exact) mass is 405 g/mol. The van der Waals surface area contributed by atoms with Gasteiger partial charge in [-0.3, -0.25) is 14.6 Å². The number of carbonyl (C=O) groups is 2. The fourth-order valence-electron chi connectivity index (χ4n) is 3.61. The molecular formula is C23H23N3O4. The van der Waals surface area contributed by atoms with Gasteiger partial charge in [0, 0.05) is 24.5 Å². The van der Waals surface area contributed by atoms with E-state index in [0.29, 0.717) is 36.9 Å². The Morgan fingerprint density at radius 3 is 2.80 bits per heavy atom. The lowest BCUT2D eigenvalue weighted by atomic mass is 10.1. The van der Waals surface area contributed by atoms with Gasteiger partial charge in [-0.15, -0.1) is 0 Å². The van der Waals surface area contributed by atoms with Crippen molar-refractivity contribution < 1.29 is 19.1 Å². The molecule has 30 heavy (non-hydrogen) atoms. The van der Waals surface area contributed by atoms with Gasteiger partial charge in [-0.05, 0) is 36.4 Å². The summed E-state index contributed by atoms with van der Waals surface area (Å²) in [5, 5.41) is 3.83. The third-order valence-electron chi connectivity index (χ3n) is 5.18. The van der Waals surface area contributed by atoms with Crippen LogP contribution in [-0.2, 0) is 9.59 Å². The molecule has 1 N–H and O–H groups in total. The molecule has 7 nitrogen and oxygen atoms in total. The lowest BCUT2D eigenvalue weighted by Gasteiger charge is -2.18. The molecule has 0 saturated carbocycles. The van der Waals surface area contributed by atoms with Crippen LogP contribution in [-0.4, -0.2) is 48.5 Å². The molecule has 1 fully saturated rings. The van der Waals surface area contributed by atoms with E-state index in [9.17, 15) is 9.59 Å². The first-order chi connectivity index (χ1) is 14.7. The summed E-state index contributed by atoms with van der Waals surface area (Å²) >= 11 is 0. The number of nitrogens with one attached hydrogen (secondary N) is 1. The minimum Gasteiger partial charge on any atom is -0.493 e. The van der Waals surface area contributed by atoms with E-state index in [1.54, 1.807) is 18.2 Å². The highest BCUT2D eigenvalue weighted by molar-refractivity contribution is 6.03. The number of ether oxygens (including phenoxy) is 2. The maximum Gasteiger partial charge on any atom is 0.229 e. The van der Waals surface area contributed by atoms with Crippen LogP contribution < -0.4 is 14.8 Å². The fourth-order valence-corrected chi connectivity index (χ4v) is 3.61. The first-order valence-corrected chi connectivity index (χ1v) is 9.84. The van der Waals surface area contributed by atoms with Gasteiger partial charge in [0.25, 0.3) is 0 Å². The highest BCUT2D eigenvalue weighted by Crippen LogP contribution is 2.27. The van der Waals surface area contributed by atoms with Crippen molar-refractivity contribution in [3.63, 3.8) is 0 Å². The number of likely N-dealkylation sites (tertiary alicyclic amines) is 1. The van der Waals surface area contributed by atoms with Crippen molar-refractivity contribution in [1.82, 2.24) is 9.88 Å². The third kappa shape index (κ3) is 4.20. The Kier molecular flexibility index (Phi) is 5.79. The Morgan fingerprint density at radius 1 is 1.13 bits per heavy atom. The van der Waals surface area contributed by atoms with Crippen LogP contribution in [0.25, 0.3) is 10.9 Å². The van der Waals surface area contributed by atoms with Crippen LogP contribution in [0.5, 0.6) is 11.5 Å². The Hall–Kier alpha value is -3.61. The van der Waals surface area contributed by atoms with Crippen LogP contribution in [0.15, 0.2) is 60.8 Å². The molecule has 154 valence electrons. The Labute approximate surface area is 174 Å². The maximum absolute atomic E-state index is 12.8. The van der Waals surface area contributed by atoms with Crippen molar-refractivity contribution in [3.8, 4) is 11.5 Å². The highest BCUT2D eigenvalue weighted by Gasteiger charge is 2.34. The van der Waals surface area contributed by atoms with Crippen molar-refractivity contribution in [2.24, 2.45) is 5.92 Å². The fraction of sp³-hybridized carbons (Fsp3) is 0.261. The van der Waals surface area contributed by atoms with Crippen LogP contribution in [0.1, 0.15) is 6.42 Å². The largest absolute Gasteiger partial charge is 0.493 e. The van der Waals surface area contributed by atoms with Gasteiger partial charge < -0.3 is 19.7 Å². The summed E-state index contributed by atoms with van der Waals surface area (Å²) in [7, 11) is 1.58. The molecule has 1 saturated heterocycles. The molecule has 3 aromatic rings. The van der Waals surface area contributed by atoms with Crippen molar-refractivity contribution in [1.29, 1.82) is 0 Å². The Balaban J connectivity index is 1.34. The number of rotatable bonds is 7. The SMILES string of the molecule is COc1ccccc1OCCN1C[C@H](C(=O)Nc2cccc3ncccc23)CC1=O. The zero-order valence-electron chi connectivity index (χ0n) is 16.7. The molecule has 1 atom stereocenters. The normalized spacial score (nSPS) is 16.0. The van der Waals surface area contributed by atoms with E-state index in [1.165, 1.54) is 0 Å². The van der Waals surface area contributed by atoms with E-state index < -0.39 is 5.92 Å². The number of amides is 2. The quantitative estimate of drug-likeness (QED) is 0.653. The van der Waals surface area contributed by atoms with E-state index in [4.69, 9.17) is 9.47 Å². The number of hydrogen-bond donors (Lipinski definition) is 1. The first kappa shape index (κ1) is 19.7. The average Bonchev–Trinajstić information content (AvgIpc) is 3.15. The number of para-hydroxylation sites is 2. The summed E-state index contributed by atoms with van der Waals surface area (Å²) in [4.78, 5) is 31.1. The van der Waals surface area contributed by atoms with Gasteiger partial charge >= 0.3 is 0 Å². The minimum atomic E-state index is -0.393. The van der Waals surface area contributed by atoms with Gasteiger partial charge in [0.1, 0.15) is 6.61 Å². The topological polar surface area (TPSA) is 80.8 Å². The molecule has 0 aliphatic carbocycles. The zero-order chi connectivity index (χ0) is 20.9. The molecule has 1 aromatic heterocycles. The number of aromatic nitrogens is 1. The van der Waals surface area contributed by atoms with Gasteiger partial charge in [-0.1, -0.05) is 18.2 Å².